The Balaban J connectivity index is 1.67. The third kappa shape index (κ3) is 5.32. The lowest BCUT2D eigenvalue weighted by molar-refractivity contribution is -0.0498. The molecule has 1 aromatic heterocycles. The summed E-state index contributed by atoms with van der Waals surface area (Å²) in [4.78, 5) is 16.6. The highest BCUT2D eigenvalue weighted by atomic mass is 32.1. The van der Waals surface area contributed by atoms with Gasteiger partial charge in [0.15, 0.2) is 16.6 Å². The average molecular weight is 421 g/mol. The molecule has 2 N–H and O–H groups in total. The Hall–Kier alpha value is -3.40. The van der Waals surface area contributed by atoms with Crippen molar-refractivity contribution in [2.75, 3.05) is 24.9 Å². The van der Waals surface area contributed by atoms with Crippen molar-refractivity contribution >= 4 is 33.8 Å². The maximum Gasteiger partial charge on any atom is 0.387 e. The molecule has 0 radical (unpaired) electrons. The van der Waals surface area contributed by atoms with E-state index in [1.54, 1.807) is 36.8 Å². The van der Waals surface area contributed by atoms with Crippen molar-refractivity contribution in [3.8, 4) is 17.2 Å². The fourth-order valence-electron chi connectivity index (χ4n) is 2.42. The van der Waals surface area contributed by atoms with Crippen LogP contribution in [0.15, 0.2) is 47.8 Å². The van der Waals surface area contributed by atoms with Crippen molar-refractivity contribution in [2.45, 2.75) is 6.61 Å². The van der Waals surface area contributed by atoms with E-state index in [2.05, 4.69) is 20.4 Å². The summed E-state index contributed by atoms with van der Waals surface area (Å²) in [6.45, 7) is -2.94. The summed E-state index contributed by atoms with van der Waals surface area (Å²) >= 11 is 1.24. The van der Waals surface area contributed by atoms with Gasteiger partial charge in [-0.1, -0.05) is 6.07 Å². The first-order chi connectivity index (χ1) is 14.0. The second-order valence-electron chi connectivity index (χ2n) is 5.59. The molecule has 0 atom stereocenters. The van der Waals surface area contributed by atoms with Crippen LogP contribution in [0.1, 0.15) is 10.5 Å². The molecule has 152 valence electrons. The quantitative estimate of drug-likeness (QED) is 0.546. The van der Waals surface area contributed by atoms with E-state index in [9.17, 15) is 13.6 Å². The molecule has 0 aliphatic carbocycles. The van der Waals surface area contributed by atoms with Gasteiger partial charge in [-0.15, -0.1) is 11.3 Å². The lowest BCUT2D eigenvalue weighted by Gasteiger charge is -2.09. The van der Waals surface area contributed by atoms with Gasteiger partial charge >= 0.3 is 6.61 Å². The predicted molar refractivity (Wildman–Crippen MR) is 106 cm³/mol. The van der Waals surface area contributed by atoms with Crippen LogP contribution in [0.5, 0.6) is 17.2 Å². The zero-order valence-electron chi connectivity index (χ0n) is 15.4. The van der Waals surface area contributed by atoms with Crippen molar-refractivity contribution in [3.05, 3.63) is 53.5 Å². The van der Waals surface area contributed by atoms with Crippen LogP contribution in [-0.2, 0) is 0 Å². The van der Waals surface area contributed by atoms with Gasteiger partial charge in [0, 0.05) is 28.9 Å². The lowest BCUT2D eigenvalue weighted by atomic mass is 10.3. The minimum atomic E-state index is -2.94. The number of aromatic nitrogens is 1. The van der Waals surface area contributed by atoms with Crippen LogP contribution >= 0.6 is 11.3 Å². The third-order valence-electron chi connectivity index (χ3n) is 3.69. The first-order valence-electron chi connectivity index (χ1n) is 8.29. The van der Waals surface area contributed by atoms with Gasteiger partial charge in [-0.3, -0.25) is 4.79 Å². The van der Waals surface area contributed by atoms with Gasteiger partial charge in [0.2, 0.25) is 0 Å². The predicted octanol–water partition coefficient (Wildman–Crippen LogP) is 4.76. The second-order valence-corrected chi connectivity index (χ2v) is 6.45. The molecule has 3 aromatic rings. The summed E-state index contributed by atoms with van der Waals surface area (Å²) < 4.78 is 39.4. The van der Waals surface area contributed by atoms with E-state index in [0.717, 1.165) is 0 Å². The molecule has 0 saturated carbocycles. The number of halogens is 2. The molecular weight excluding hydrogens is 404 g/mol. The largest absolute Gasteiger partial charge is 0.493 e. The highest BCUT2D eigenvalue weighted by Gasteiger charge is 2.13. The van der Waals surface area contributed by atoms with Crippen LogP contribution in [0, 0.1) is 0 Å². The second kappa shape index (κ2) is 9.20. The highest BCUT2D eigenvalue weighted by molar-refractivity contribution is 7.14. The Bertz CT molecular complexity index is 997. The summed E-state index contributed by atoms with van der Waals surface area (Å²) in [5.74, 6) is 0.621. The molecule has 2 aromatic carbocycles. The van der Waals surface area contributed by atoms with Gasteiger partial charge in [0.1, 0.15) is 11.4 Å². The standard InChI is InChI=1S/C19H17F2N3O4S/c1-26-15-7-6-12(9-16(15)27-2)23-19-24-14(10-29-19)17(25)22-11-4-3-5-13(8-11)28-18(20)21/h3-10,18H,1-2H3,(H,22,25)(H,23,24). The molecule has 0 aliphatic heterocycles. The molecule has 10 heteroatoms. The summed E-state index contributed by atoms with van der Waals surface area (Å²) in [6.07, 6.45) is 0. The maximum absolute atomic E-state index is 12.4. The molecule has 7 nitrogen and oxygen atoms in total. The molecule has 0 saturated heterocycles. The molecule has 0 unspecified atom stereocenters. The van der Waals surface area contributed by atoms with Crippen molar-refractivity contribution < 1.29 is 27.8 Å². The van der Waals surface area contributed by atoms with Crippen LogP contribution < -0.4 is 24.8 Å². The Morgan fingerprint density at radius 2 is 1.86 bits per heavy atom. The summed E-state index contributed by atoms with van der Waals surface area (Å²) in [6, 6.07) is 11.0. The number of hydrogen-bond donors (Lipinski definition) is 2. The van der Waals surface area contributed by atoms with E-state index in [-0.39, 0.29) is 11.4 Å². The minimum Gasteiger partial charge on any atom is -0.493 e. The van der Waals surface area contributed by atoms with E-state index < -0.39 is 12.5 Å². The van der Waals surface area contributed by atoms with Gasteiger partial charge in [-0.05, 0) is 24.3 Å². The van der Waals surface area contributed by atoms with Gasteiger partial charge in [-0.25, -0.2) is 4.98 Å². The summed E-state index contributed by atoms with van der Waals surface area (Å²) in [7, 11) is 3.08. The maximum atomic E-state index is 12.4. The Morgan fingerprint density at radius 3 is 2.59 bits per heavy atom. The van der Waals surface area contributed by atoms with E-state index in [4.69, 9.17) is 9.47 Å². The first kappa shape index (κ1) is 20.3. The number of thiazole rings is 1. The number of amides is 1. The number of carbonyl (C=O) groups is 1. The third-order valence-corrected chi connectivity index (χ3v) is 4.45. The highest BCUT2D eigenvalue weighted by Crippen LogP contribution is 2.31. The van der Waals surface area contributed by atoms with Crippen LogP contribution in [0.4, 0.5) is 25.3 Å². The smallest absolute Gasteiger partial charge is 0.387 e. The molecule has 0 fully saturated rings. The first-order valence-corrected chi connectivity index (χ1v) is 9.17. The van der Waals surface area contributed by atoms with E-state index in [1.807, 2.05) is 0 Å². The zero-order valence-corrected chi connectivity index (χ0v) is 16.3. The molecule has 1 heterocycles. The molecular formula is C19H17F2N3O4S. The number of benzene rings is 2. The summed E-state index contributed by atoms with van der Waals surface area (Å²) in [5.41, 5.74) is 1.20. The van der Waals surface area contributed by atoms with Gasteiger partial charge in [0.25, 0.3) is 5.91 Å². The number of carbonyl (C=O) groups excluding carboxylic acids is 1. The monoisotopic (exact) mass is 421 g/mol. The average Bonchev–Trinajstić information content (AvgIpc) is 3.16. The van der Waals surface area contributed by atoms with Crippen LogP contribution in [0.2, 0.25) is 0 Å². The number of rotatable bonds is 8. The number of nitrogens with one attached hydrogen (secondary N) is 2. The Kier molecular flexibility index (Phi) is 6.45. The van der Waals surface area contributed by atoms with E-state index >= 15 is 0 Å². The van der Waals surface area contributed by atoms with Crippen molar-refractivity contribution in [2.24, 2.45) is 0 Å². The number of ether oxygens (including phenoxy) is 3. The molecule has 0 spiro atoms. The van der Waals surface area contributed by atoms with Gasteiger partial charge in [-0.2, -0.15) is 8.78 Å². The fraction of sp³-hybridized carbons (Fsp3) is 0.158. The minimum absolute atomic E-state index is 0.0492. The number of hydrogen-bond acceptors (Lipinski definition) is 7. The zero-order chi connectivity index (χ0) is 20.8. The topological polar surface area (TPSA) is 81.7 Å². The molecule has 29 heavy (non-hydrogen) atoms. The van der Waals surface area contributed by atoms with Gasteiger partial charge in [0.05, 0.1) is 14.2 Å². The number of alkyl halides is 2. The van der Waals surface area contributed by atoms with Crippen LogP contribution in [0.3, 0.4) is 0 Å². The molecule has 0 aliphatic rings. The van der Waals surface area contributed by atoms with Crippen molar-refractivity contribution in [3.63, 3.8) is 0 Å². The van der Waals surface area contributed by atoms with E-state index in [1.165, 1.54) is 36.6 Å². The number of methoxy groups -OCH3 is 2. The number of nitrogens with zero attached hydrogens (tertiary/aromatic N) is 1. The normalized spacial score (nSPS) is 10.5. The fourth-order valence-corrected chi connectivity index (χ4v) is 3.13. The van der Waals surface area contributed by atoms with E-state index in [0.29, 0.717) is 28.0 Å². The Labute approximate surface area is 169 Å². The Morgan fingerprint density at radius 1 is 1.07 bits per heavy atom. The summed E-state index contributed by atoms with van der Waals surface area (Å²) in [5, 5.41) is 7.77. The lowest BCUT2D eigenvalue weighted by Crippen LogP contribution is -2.12. The van der Waals surface area contributed by atoms with Crippen LogP contribution in [-0.4, -0.2) is 31.7 Å². The van der Waals surface area contributed by atoms with Crippen molar-refractivity contribution in [1.29, 1.82) is 0 Å². The SMILES string of the molecule is COc1ccc(Nc2nc(C(=O)Nc3cccc(OC(F)F)c3)cs2)cc1OC. The molecule has 3 rings (SSSR count). The van der Waals surface area contributed by atoms with Crippen LogP contribution in [0.25, 0.3) is 0 Å². The molecule has 1 amide bonds. The molecule has 0 bridgehead atoms. The van der Waals surface area contributed by atoms with Crippen molar-refractivity contribution in [1.82, 2.24) is 4.98 Å². The number of anilines is 3. The van der Waals surface area contributed by atoms with Gasteiger partial charge < -0.3 is 24.8 Å².